The second-order valence-electron chi connectivity index (χ2n) is 5.86. The lowest BCUT2D eigenvalue weighted by atomic mass is 10.1. The van der Waals surface area contributed by atoms with Gasteiger partial charge in [-0.25, -0.2) is 9.78 Å². The van der Waals surface area contributed by atoms with E-state index in [1.165, 1.54) is 17.4 Å². The van der Waals surface area contributed by atoms with Gasteiger partial charge in [-0.3, -0.25) is 10.1 Å². The van der Waals surface area contributed by atoms with Crippen molar-refractivity contribution in [2.24, 2.45) is 0 Å². The van der Waals surface area contributed by atoms with Crippen LogP contribution in [0.15, 0.2) is 46.3 Å². The first-order valence-corrected chi connectivity index (χ1v) is 10.6. The molecule has 0 saturated carbocycles. The number of anilines is 1. The van der Waals surface area contributed by atoms with E-state index in [0.29, 0.717) is 26.8 Å². The lowest BCUT2D eigenvalue weighted by Crippen LogP contribution is -2.21. The molecule has 0 aliphatic rings. The van der Waals surface area contributed by atoms with Crippen LogP contribution in [0.5, 0.6) is 11.5 Å². The molecular formula is C20H16BrClN2O5S. The summed E-state index contributed by atoms with van der Waals surface area (Å²) in [6.45, 7) is -0.465. The molecule has 3 aromatic rings. The van der Waals surface area contributed by atoms with E-state index in [0.717, 1.165) is 5.56 Å². The van der Waals surface area contributed by atoms with Gasteiger partial charge in [0.2, 0.25) is 0 Å². The second kappa shape index (κ2) is 9.92. The number of halogens is 2. The van der Waals surface area contributed by atoms with E-state index >= 15 is 0 Å². The van der Waals surface area contributed by atoms with Crippen LogP contribution in [-0.4, -0.2) is 37.7 Å². The number of carbonyl (C=O) groups excluding carboxylic acids is 2. The number of rotatable bonds is 7. The number of amides is 1. The zero-order valence-corrected chi connectivity index (χ0v) is 19.1. The van der Waals surface area contributed by atoms with Crippen molar-refractivity contribution < 1.29 is 23.8 Å². The van der Waals surface area contributed by atoms with Gasteiger partial charge in [0.25, 0.3) is 5.91 Å². The normalized spacial score (nSPS) is 10.4. The number of aromatic nitrogens is 1. The monoisotopic (exact) mass is 510 g/mol. The fourth-order valence-corrected chi connectivity index (χ4v) is 3.77. The fourth-order valence-electron chi connectivity index (χ4n) is 2.48. The minimum Gasteiger partial charge on any atom is -0.493 e. The summed E-state index contributed by atoms with van der Waals surface area (Å²) in [6.07, 6.45) is 0. The number of thiazole rings is 1. The third-order valence-corrected chi connectivity index (χ3v) is 5.49. The van der Waals surface area contributed by atoms with Crippen molar-refractivity contribution in [2.75, 3.05) is 26.1 Å². The van der Waals surface area contributed by atoms with Crippen LogP contribution in [0.25, 0.3) is 11.3 Å². The van der Waals surface area contributed by atoms with Crippen LogP contribution in [0.4, 0.5) is 5.13 Å². The van der Waals surface area contributed by atoms with Crippen molar-refractivity contribution in [3.63, 3.8) is 0 Å². The molecule has 7 nitrogen and oxygen atoms in total. The van der Waals surface area contributed by atoms with E-state index in [-0.39, 0.29) is 10.6 Å². The first kappa shape index (κ1) is 22.1. The third-order valence-electron chi connectivity index (χ3n) is 3.91. The van der Waals surface area contributed by atoms with E-state index in [1.54, 1.807) is 43.9 Å². The number of esters is 1. The van der Waals surface area contributed by atoms with E-state index in [1.807, 2.05) is 6.07 Å². The number of methoxy groups -OCH3 is 2. The Kier molecular flexibility index (Phi) is 7.30. The Hall–Kier alpha value is -2.62. The topological polar surface area (TPSA) is 86.8 Å². The van der Waals surface area contributed by atoms with Gasteiger partial charge in [0, 0.05) is 15.4 Å². The van der Waals surface area contributed by atoms with Crippen molar-refractivity contribution in [3.8, 4) is 22.8 Å². The number of nitrogens with one attached hydrogen (secondary N) is 1. The van der Waals surface area contributed by atoms with Crippen LogP contribution in [0.3, 0.4) is 0 Å². The number of hydrogen-bond donors (Lipinski definition) is 1. The van der Waals surface area contributed by atoms with Gasteiger partial charge in [-0.1, -0.05) is 27.5 Å². The second-order valence-corrected chi connectivity index (χ2v) is 8.04. The summed E-state index contributed by atoms with van der Waals surface area (Å²) in [5, 5.41) is 5.02. The largest absolute Gasteiger partial charge is 0.493 e. The molecule has 3 rings (SSSR count). The molecule has 0 bridgehead atoms. The van der Waals surface area contributed by atoms with E-state index in [4.69, 9.17) is 25.8 Å². The predicted octanol–water partition coefficient (Wildman–Crippen LogP) is 5.04. The Morgan fingerprint density at radius 1 is 1.13 bits per heavy atom. The summed E-state index contributed by atoms with van der Waals surface area (Å²) >= 11 is 10.5. The lowest BCUT2D eigenvalue weighted by Gasteiger charge is -2.08. The first-order chi connectivity index (χ1) is 14.4. The third kappa shape index (κ3) is 5.29. The Labute approximate surface area is 190 Å². The molecule has 0 saturated heterocycles. The van der Waals surface area contributed by atoms with E-state index < -0.39 is 18.5 Å². The number of ether oxygens (including phenoxy) is 3. The van der Waals surface area contributed by atoms with Crippen molar-refractivity contribution in [3.05, 3.63) is 56.8 Å². The number of benzene rings is 2. The van der Waals surface area contributed by atoms with Crippen LogP contribution in [0.2, 0.25) is 5.02 Å². The summed E-state index contributed by atoms with van der Waals surface area (Å²) in [5.41, 5.74) is 1.64. The molecule has 1 N–H and O–H groups in total. The minimum atomic E-state index is -0.693. The zero-order chi connectivity index (χ0) is 21.7. The predicted molar refractivity (Wildman–Crippen MR) is 119 cm³/mol. The maximum atomic E-state index is 12.1. The Bertz CT molecular complexity index is 1090. The summed E-state index contributed by atoms with van der Waals surface area (Å²) < 4.78 is 16.2. The summed E-state index contributed by atoms with van der Waals surface area (Å²) in [4.78, 5) is 28.6. The highest BCUT2D eigenvalue weighted by Gasteiger charge is 2.16. The SMILES string of the molecule is COc1ccc(-c2csc(NC(=O)COC(=O)c3cc(Br)ccc3Cl)n2)cc1OC. The molecule has 30 heavy (non-hydrogen) atoms. The van der Waals surface area contributed by atoms with Crippen LogP contribution < -0.4 is 14.8 Å². The summed E-state index contributed by atoms with van der Waals surface area (Å²) in [7, 11) is 3.11. The van der Waals surface area contributed by atoms with Crippen LogP contribution in [0.1, 0.15) is 10.4 Å². The molecule has 1 amide bonds. The molecule has 0 spiro atoms. The highest BCUT2D eigenvalue weighted by Crippen LogP contribution is 2.33. The van der Waals surface area contributed by atoms with Crippen molar-refractivity contribution in [1.82, 2.24) is 4.98 Å². The zero-order valence-electron chi connectivity index (χ0n) is 15.9. The average Bonchev–Trinajstić information content (AvgIpc) is 3.21. The highest BCUT2D eigenvalue weighted by molar-refractivity contribution is 9.10. The van der Waals surface area contributed by atoms with Gasteiger partial charge in [-0.2, -0.15) is 0 Å². The molecule has 1 heterocycles. The first-order valence-electron chi connectivity index (χ1n) is 8.51. The fraction of sp³-hybridized carbons (Fsp3) is 0.150. The van der Waals surface area contributed by atoms with Gasteiger partial charge in [0.15, 0.2) is 23.2 Å². The number of carbonyl (C=O) groups is 2. The Balaban J connectivity index is 1.61. The van der Waals surface area contributed by atoms with Gasteiger partial charge in [0.05, 0.1) is 30.5 Å². The maximum Gasteiger partial charge on any atom is 0.340 e. The molecule has 0 atom stereocenters. The molecular weight excluding hydrogens is 496 g/mol. The molecule has 0 radical (unpaired) electrons. The summed E-state index contributed by atoms with van der Waals surface area (Å²) in [6, 6.07) is 10.2. The number of hydrogen-bond acceptors (Lipinski definition) is 7. The van der Waals surface area contributed by atoms with Crippen molar-refractivity contribution >= 4 is 55.9 Å². The molecule has 2 aromatic carbocycles. The van der Waals surface area contributed by atoms with Crippen molar-refractivity contribution in [2.45, 2.75) is 0 Å². The van der Waals surface area contributed by atoms with Crippen LogP contribution in [-0.2, 0) is 9.53 Å². The van der Waals surface area contributed by atoms with Crippen LogP contribution in [0, 0.1) is 0 Å². The molecule has 156 valence electrons. The van der Waals surface area contributed by atoms with Crippen molar-refractivity contribution in [1.29, 1.82) is 0 Å². The van der Waals surface area contributed by atoms with Gasteiger partial charge in [-0.15, -0.1) is 11.3 Å². The van der Waals surface area contributed by atoms with Gasteiger partial charge in [0.1, 0.15) is 0 Å². The van der Waals surface area contributed by atoms with Gasteiger partial charge in [-0.05, 0) is 36.4 Å². The molecule has 0 unspecified atom stereocenters. The Morgan fingerprint density at radius 2 is 1.90 bits per heavy atom. The maximum absolute atomic E-state index is 12.1. The van der Waals surface area contributed by atoms with E-state index in [9.17, 15) is 9.59 Å². The standard InChI is InChI=1S/C20H16BrClN2O5S/c1-27-16-6-3-11(7-17(16)28-2)15-10-30-20(23-15)24-18(25)9-29-19(26)13-8-12(21)4-5-14(13)22/h3-8,10H,9H2,1-2H3,(H,23,24,25). The summed E-state index contributed by atoms with van der Waals surface area (Å²) in [5.74, 6) is -0.0200. The molecule has 1 aromatic heterocycles. The van der Waals surface area contributed by atoms with E-state index in [2.05, 4.69) is 26.2 Å². The smallest absolute Gasteiger partial charge is 0.340 e. The molecule has 0 aliphatic heterocycles. The van der Waals surface area contributed by atoms with Gasteiger partial charge >= 0.3 is 5.97 Å². The number of nitrogens with zero attached hydrogens (tertiary/aromatic N) is 1. The Morgan fingerprint density at radius 3 is 2.63 bits per heavy atom. The minimum absolute atomic E-state index is 0.170. The van der Waals surface area contributed by atoms with Crippen LogP contribution >= 0.6 is 38.9 Å². The average molecular weight is 512 g/mol. The molecule has 0 fully saturated rings. The molecule has 0 aliphatic carbocycles. The quantitative estimate of drug-likeness (QED) is 0.447. The lowest BCUT2D eigenvalue weighted by molar-refractivity contribution is -0.119. The molecule has 10 heteroatoms. The van der Waals surface area contributed by atoms with Gasteiger partial charge < -0.3 is 14.2 Å². The highest BCUT2D eigenvalue weighted by atomic mass is 79.9.